The molecule has 21 heteroatoms. The first-order chi connectivity index (χ1) is 31.2. The van der Waals surface area contributed by atoms with Crippen molar-refractivity contribution < 1.29 is 57.2 Å². The SMILES string of the molecule is Cc1c(Cn2nnc(C(=O)OC(C)(C)C)c2C(=O)OC(C)(C)C)c(C)c(Cn2nnc(C(=O)OC(C)(C)C)c2C(=O)OC(C)(C)C)c(C)c1Cn1nnc(C(=O)OC(C)(C)C)c1C(=O)OC(C)(C)C. The summed E-state index contributed by atoms with van der Waals surface area (Å²) in [5.41, 5.74) is -4.38. The van der Waals surface area contributed by atoms with Crippen molar-refractivity contribution in [2.75, 3.05) is 0 Å². The molecular formula is C48H69N9O12. The summed E-state index contributed by atoms with van der Waals surface area (Å²) in [6.45, 7) is 34.9. The Morgan fingerprint density at radius 1 is 0.333 bits per heavy atom. The molecule has 0 aliphatic carbocycles. The maximum absolute atomic E-state index is 14.0. The van der Waals surface area contributed by atoms with Gasteiger partial charge < -0.3 is 28.4 Å². The van der Waals surface area contributed by atoms with E-state index in [0.717, 1.165) is 0 Å². The van der Waals surface area contributed by atoms with E-state index >= 15 is 0 Å². The summed E-state index contributed by atoms with van der Waals surface area (Å²) in [6.07, 6.45) is 0. The molecule has 21 nitrogen and oxygen atoms in total. The van der Waals surface area contributed by atoms with Crippen LogP contribution in [0.1, 0.15) is 221 Å². The third kappa shape index (κ3) is 14.5. The van der Waals surface area contributed by atoms with Crippen molar-refractivity contribution in [1.29, 1.82) is 0 Å². The Kier molecular flexibility index (Phi) is 15.5. The average Bonchev–Trinajstić information content (AvgIpc) is 3.86. The zero-order chi connectivity index (χ0) is 52.7. The van der Waals surface area contributed by atoms with Crippen LogP contribution in [0.25, 0.3) is 0 Å². The molecule has 0 saturated carbocycles. The van der Waals surface area contributed by atoms with Gasteiger partial charge in [-0.25, -0.2) is 42.8 Å². The molecule has 3 aromatic heterocycles. The molecule has 0 bridgehead atoms. The highest BCUT2D eigenvalue weighted by Crippen LogP contribution is 2.32. The smallest absolute Gasteiger partial charge is 0.362 e. The number of hydrogen-bond donors (Lipinski definition) is 0. The van der Waals surface area contributed by atoms with E-state index in [2.05, 4.69) is 30.9 Å². The molecule has 0 saturated heterocycles. The summed E-state index contributed by atoms with van der Waals surface area (Å²) in [7, 11) is 0. The Balaban J connectivity index is 2.10. The number of nitrogens with zero attached hydrogens (tertiary/aromatic N) is 9. The lowest BCUT2D eigenvalue weighted by molar-refractivity contribution is 0.000751. The first kappa shape index (κ1) is 55.1. The Morgan fingerprint density at radius 3 is 0.681 bits per heavy atom. The van der Waals surface area contributed by atoms with Gasteiger partial charge in [0.05, 0.1) is 19.6 Å². The first-order valence-corrected chi connectivity index (χ1v) is 22.5. The number of rotatable bonds is 12. The Labute approximate surface area is 403 Å². The van der Waals surface area contributed by atoms with Gasteiger partial charge >= 0.3 is 35.8 Å². The molecule has 0 unspecified atom stereocenters. The van der Waals surface area contributed by atoms with E-state index in [4.69, 9.17) is 28.4 Å². The quantitative estimate of drug-likeness (QED) is 0.1000. The van der Waals surface area contributed by atoms with Crippen LogP contribution in [0.3, 0.4) is 0 Å². The molecule has 378 valence electrons. The summed E-state index contributed by atoms with van der Waals surface area (Å²) in [4.78, 5) is 82.8. The van der Waals surface area contributed by atoms with Crippen LogP contribution < -0.4 is 0 Å². The normalized spacial score (nSPS) is 12.7. The molecule has 0 N–H and O–H groups in total. The van der Waals surface area contributed by atoms with Crippen molar-refractivity contribution >= 4 is 35.8 Å². The topological polar surface area (TPSA) is 250 Å². The molecule has 3 heterocycles. The van der Waals surface area contributed by atoms with Gasteiger partial charge in [-0.1, -0.05) is 15.6 Å². The highest BCUT2D eigenvalue weighted by molar-refractivity contribution is 6.02. The predicted octanol–water partition coefficient (Wildman–Crippen LogP) is 7.26. The lowest BCUT2D eigenvalue weighted by Crippen LogP contribution is -2.30. The molecule has 69 heavy (non-hydrogen) atoms. The van der Waals surface area contributed by atoms with Crippen molar-refractivity contribution in [1.82, 2.24) is 45.0 Å². The molecule has 0 aliphatic rings. The Morgan fingerprint density at radius 2 is 0.507 bits per heavy atom. The van der Waals surface area contributed by atoms with Gasteiger partial charge in [-0.05, 0) is 179 Å². The van der Waals surface area contributed by atoms with Crippen molar-refractivity contribution in [2.24, 2.45) is 0 Å². The van der Waals surface area contributed by atoms with Gasteiger partial charge in [0.2, 0.25) is 17.1 Å². The second kappa shape index (κ2) is 19.5. The van der Waals surface area contributed by atoms with E-state index in [1.54, 1.807) is 145 Å². The van der Waals surface area contributed by atoms with Crippen LogP contribution in [0.2, 0.25) is 0 Å². The average molecular weight is 964 g/mol. The van der Waals surface area contributed by atoms with Crippen LogP contribution >= 0.6 is 0 Å². The van der Waals surface area contributed by atoms with Crippen LogP contribution in [-0.4, -0.2) is 114 Å². The molecular weight excluding hydrogens is 895 g/mol. The van der Waals surface area contributed by atoms with E-state index in [0.29, 0.717) is 33.4 Å². The fraction of sp³-hybridized carbons (Fsp3) is 0.625. The van der Waals surface area contributed by atoms with Gasteiger partial charge in [0.15, 0.2) is 17.1 Å². The molecule has 1 aromatic carbocycles. The zero-order valence-corrected chi connectivity index (χ0v) is 44.0. The van der Waals surface area contributed by atoms with E-state index in [1.165, 1.54) is 14.0 Å². The number of hydrogen-bond acceptors (Lipinski definition) is 18. The maximum atomic E-state index is 14.0. The number of benzene rings is 1. The van der Waals surface area contributed by atoms with Gasteiger partial charge in [0.1, 0.15) is 33.6 Å². The standard InChI is InChI=1S/C48H69N9O12/c1-25-28(22-55-34(40(61)67-46(13,14)15)31(49-52-55)37(58)64-43(4,5)6)26(2)30(24-57-36(42(63)69-48(19,20)21)33(51-54-57)39(60)66-45(10,11)12)27(3)29(25)23-56-35(41(62)68-47(16,17)18)32(50-53-56)38(59)65-44(7,8)9/h22-24H2,1-21H3. The molecule has 0 amide bonds. The van der Waals surface area contributed by atoms with Crippen molar-refractivity contribution in [3.8, 4) is 0 Å². The maximum Gasteiger partial charge on any atom is 0.362 e. The van der Waals surface area contributed by atoms with E-state index < -0.39 is 69.4 Å². The minimum atomic E-state index is -0.989. The monoisotopic (exact) mass is 964 g/mol. The second-order valence-electron chi connectivity index (χ2n) is 22.7. The molecule has 0 spiro atoms. The number of carbonyl (C=O) groups is 6. The number of esters is 6. The summed E-state index contributed by atoms with van der Waals surface area (Å²) >= 11 is 0. The first-order valence-electron chi connectivity index (χ1n) is 22.5. The van der Waals surface area contributed by atoms with Crippen LogP contribution in [0.4, 0.5) is 0 Å². The summed E-state index contributed by atoms with van der Waals surface area (Å²) in [5.74, 6) is -5.40. The number of aromatic nitrogens is 9. The van der Waals surface area contributed by atoms with Crippen molar-refractivity contribution in [3.63, 3.8) is 0 Å². The van der Waals surface area contributed by atoms with E-state index in [1.807, 2.05) is 0 Å². The molecule has 0 aliphatic heterocycles. The van der Waals surface area contributed by atoms with Gasteiger partial charge in [0.25, 0.3) is 0 Å². The summed E-state index contributed by atoms with van der Waals surface area (Å²) in [6, 6.07) is 0. The lowest BCUT2D eigenvalue weighted by Gasteiger charge is -2.25. The van der Waals surface area contributed by atoms with E-state index in [9.17, 15) is 28.8 Å². The Hall–Kier alpha value is -6.54. The minimum absolute atomic E-state index is 0.193. The van der Waals surface area contributed by atoms with Crippen LogP contribution in [0.5, 0.6) is 0 Å². The van der Waals surface area contributed by atoms with Crippen LogP contribution in [-0.2, 0) is 48.1 Å². The van der Waals surface area contributed by atoms with Gasteiger partial charge in [-0.2, -0.15) is 0 Å². The molecule has 4 aromatic rings. The molecule has 0 atom stereocenters. The fourth-order valence-electron chi connectivity index (χ4n) is 6.80. The van der Waals surface area contributed by atoms with Gasteiger partial charge in [-0.15, -0.1) is 15.3 Å². The molecule has 0 radical (unpaired) electrons. The minimum Gasteiger partial charge on any atom is -0.455 e. The lowest BCUT2D eigenvalue weighted by atomic mass is 9.87. The zero-order valence-electron chi connectivity index (χ0n) is 44.0. The van der Waals surface area contributed by atoms with E-state index in [-0.39, 0.29) is 53.8 Å². The predicted molar refractivity (Wildman–Crippen MR) is 249 cm³/mol. The molecule has 0 fully saturated rings. The third-order valence-electron chi connectivity index (χ3n) is 9.40. The van der Waals surface area contributed by atoms with Crippen molar-refractivity contribution in [2.45, 2.75) is 199 Å². The molecule has 4 rings (SSSR count). The summed E-state index contributed by atoms with van der Waals surface area (Å²) < 4.78 is 37.8. The van der Waals surface area contributed by atoms with Crippen LogP contribution in [0.15, 0.2) is 0 Å². The Bertz CT molecular complexity index is 2340. The fourth-order valence-corrected chi connectivity index (χ4v) is 6.80. The largest absolute Gasteiger partial charge is 0.455 e. The highest BCUT2D eigenvalue weighted by atomic mass is 16.6. The van der Waals surface area contributed by atoms with Gasteiger partial charge in [0, 0.05) is 0 Å². The van der Waals surface area contributed by atoms with Gasteiger partial charge in [-0.3, -0.25) is 0 Å². The van der Waals surface area contributed by atoms with Crippen LogP contribution in [0, 0.1) is 20.8 Å². The number of carbonyl (C=O) groups excluding carboxylic acids is 6. The summed E-state index contributed by atoms with van der Waals surface area (Å²) in [5, 5.41) is 25.2. The highest BCUT2D eigenvalue weighted by Gasteiger charge is 2.37. The second-order valence-corrected chi connectivity index (χ2v) is 22.7. The third-order valence-corrected chi connectivity index (χ3v) is 9.40. The van der Waals surface area contributed by atoms with Crippen molar-refractivity contribution in [3.05, 3.63) is 67.5 Å². The number of ether oxygens (including phenoxy) is 6.